The summed E-state index contributed by atoms with van der Waals surface area (Å²) < 4.78 is 23.7. The number of rotatable bonds is 4. The normalized spacial score (nSPS) is 14.2. The average Bonchev–Trinajstić information content (AvgIpc) is 2.61. The summed E-state index contributed by atoms with van der Waals surface area (Å²) in [5, 5.41) is 20.6. The summed E-state index contributed by atoms with van der Waals surface area (Å²) in [6.07, 6.45) is 2.36. The number of piperazine rings is 1. The largest absolute Gasteiger partial charge is 0.366 e. The second-order valence-electron chi connectivity index (χ2n) is 5.87. The minimum Gasteiger partial charge on any atom is -0.366 e. The van der Waals surface area contributed by atoms with Crippen molar-refractivity contribution < 1.29 is 13.2 Å². The molecule has 0 aliphatic carbocycles. The van der Waals surface area contributed by atoms with Gasteiger partial charge in [0, 0.05) is 45.6 Å². The second kappa shape index (κ2) is 7.89. The number of carbonyl (C=O) groups is 1. The predicted octanol–water partition coefficient (Wildman–Crippen LogP) is 1.10. The van der Waals surface area contributed by atoms with Crippen LogP contribution < -0.4 is 10.2 Å². The van der Waals surface area contributed by atoms with Crippen LogP contribution in [0.3, 0.4) is 0 Å². The maximum Gasteiger partial charge on any atom is 0.219 e. The fraction of sp³-hybridized carbons (Fsp3) is 0.353. The van der Waals surface area contributed by atoms with Crippen molar-refractivity contribution in [3.05, 3.63) is 30.0 Å². The summed E-state index contributed by atoms with van der Waals surface area (Å²) in [6, 6.07) is 8.18. The topological polar surface area (TPSA) is 117 Å². The molecule has 0 saturated carbocycles. The van der Waals surface area contributed by atoms with E-state index in [0.717, 1.165) is 11.9 Å². The molecule has 26 heavy (non-hydrogen) atoms. The number of benzene rings is 1. The number of allylic oxidation sites excluding steroid dienone is 1. The van der Waals surface area contributed by atoms with E-state index >= 15 is 0 Å². The fourth-order valence-electron chi connectivity index (χ4n) is 2.64. The van der Waals surface area contributed by atoms with Crippen LogP contribution in [0, 0.1) is 22.7 Å². The van der Waals surface area contributed by atoms with Crippen molar-refractivity contribution in [3.63, 3.8) is 0 Å². The van der Waals surface area contributed by atoms with Crippen LogP contribution in [0.25, 0.3) is 0 Å². The van der Waals surface area contributed by atoms with Crippen LogP contribution in [0.15, 0.2) is 34.9 Å². The molecule has 0 unspecified atom stereocenters. The average molecular weight is 373 g/mol. The molecule has 1 heterocycles. The molecule has 0 aromatic heterocycles. The maximum absolute atomic E-state index is 11.8. The van der Waals surface area contributed by atoms with E-state index < -0.39 is 9.84 Å². The van der Waals surface area contributed by atoms with E-state index in [1.54, 1.807) is 23.1 Å². The molecule has 2 rings (SSSR count). The van der Waals surface area contributed by atoms with Gasteiger partial charge in [-0.1, -0.05) is 0 Å². The Labute approximate surface area is 152 Å². The number of anilines is 2. The molecule has 9 heteroatoms. The Hall–Kier alpha value is -3.04. The van der Waals surface area contributed by atoms with Crippen molar-refractivity contribution in [1.29, 1.82) is 10.5 Å². The SMILES string of the molecule is CC(=O)N1CCN(c2ccc(S(C)(=O)=O)cc2NC=C(C#N)C#N)CC1. The molecule has 0 atom stereocenters. The van der Waals surface area contributed by atoms with Gasteiger partial charge in [0.15, 0.2) is 9.84 Å². The van der Waals surface area contributed by atoms with Gasteiger partial charge in [-0.05, 0) is 18.2 Å². The summed E-state index contributed by atoms with van der Waals surface area (Å²) >= 11 is 0. The highest BCUT2D eigenvalue weighted by Crippen LogP contribution is 2.30. The molecular formula is C17H19N5O3S. The van der Waals surface area contributed by atoms with Gasteiger partial charge in [-0.3, -0.25) is 4.79 Å². The van der Waals surface area contributed by atoms with Crippen LogP contribution >= 0.6 is 0 Å². The van der Waals surface area contributed by atoms with E-state index in [1.807, 2.05) is 4.90 Å². The van der Waals surface area contributed by atoms with E-state index in [1.165, 1.54) is 25.3 Å². The Bertz CT molecular complexity index is 901. The molecule has 1 fully saturated rings. The van der Waals surface area contributed by atoms with Crippen molar-refractivity contribution in [2.75, 3.05) is 42.7 Å². The zero-order valence-electron chi connectivity index (χ0n) is 14.6. The molecule has 136 valence electrons. The summed E-state index contributed by atoms with van der Waals surface area (Å²) in [6.45, 7) is 3.86. The molecule has 8 nitrogen and oxygen atoms in total. The third-order valence-corrected chi connectivity index (χ3v) is 5.19. The van der Waals surface area contributed by atoms with Crippen molar-refractivity contribution >= 4 is 27.1 Å². The number of hydrogen-bond acceptors (Lipinski definition) is 7. The quantitative estimate of drug-likeness (QED) is 0.785. The predicted molar refractivity (Wildman–Crippen MR) is 97.0 cm³/mol. The Balaban J connectivity index is 2.36. The number of nitrogens with one attached hydrogen (secondary N) is 1. The zero-order chi connectivity index (χ0) is 19.3. The fourth-order valence-corrected chi connectivity index (χ4v) is 3.29. The van der Waals surface area contributed by atoms with Gasteiger partial charge in [-0.25, -0.2) is 8.42 Å². The summed E-state index contributed by atoms with van der Waals surface area (Å²) in [5.74, 6) is 0.0195. The minimum atomic E-state index is -3.40. The van der Waals surface area contributed by atoms with Crippen LogP contribution in [0.2, 0.25) is 0 Å². The molecular weight excluding hydrogens is 354 g/mol. The van der Waals surface area contributed by atoms with E-state index in [9.17, 15) is 13.2 Å². The van der Waals surface area contributed by atoms with Crippen molar-refractivity contribution in [2.45, 2.75) is 11.8 Å². The van der Waals surface area contributed by atoms with Gasteiger partial charge in [0.25, 0.3) is 0 Å². The first-order chi connectivity index (χ1) is 12.3. The number of nitriles is 2. The van der Waals surface area contributed by atoms with Crippen LogP contribution in [-0.4, -0.2) is 51.7 Å². The molecule has 0 bridgehead atoms. The van der Waals surface area contributed by atoms with Crippen LogP contribution in [0.4, 0.5) is 11.4 Å². The minimum absolute atomic E-state index is 0.0195. The van der Waals surface area contributed by atoms with Crippen molar-refractivity contribution in [1.82, 2.24) is 4.90 Å². The van der Waals surface area contributed by atoms with Crippen LogP contribution in [0.5, 0.6) is 0 Å². The van der Waals surface area contributed by atoms with E-state index in [4.69, 9.17) is 10.5 Å². The highest BCUT2D eigenvalue weighted by atomic mass is 32.2. The third kappa shape index (κ3) is 4.52. The van der Waals surface area contributed by atoms with Crippen LogP contribution in [-0.2, 0) is 14.6 Å². The Morgan fingerprint density at radius 3 is 2.31 bits per heavy atom. The lowest BCUT2D eigenvalue weighted by Gasteiger charge is -2.36. The van der Waals surface area contributed by atoms with Gasteiger partial charge in [-0.2, -0.15) is 10.5 Å². The molecule has 1 saturated heterocycles. The molecule has 1 aliphatic heterocycles. The lowest BCUT2D eigenvalue weighted by Crippen LogP contribution is -2.48. The van der Waals surface area contributed by atoms with Gasteiger partial charge in [0.2, 0.25) is 5.91 Å². The number of nitrogens with zero attached hydrogens (tertiary/aromatic N) is 4. The lowest BCUT2D eigenvalue weighted by atomic mass is 10.2. The molecule has 0 spiro atoms. The van der Waals surface area contributed by atoms with E-state index in [2.05, 4.69) is 5.32 Å². The number of hydrogen-bond donors (Lipinski definition) is 1. The highest BCUT2D eigenvalue weighted by molar-refractivity contribution is 7.90. The van der Waals surface area contributed by atoms with Crippen LogP contribution in [0.1, 0.15) is 6.92 Å². The monoisotopic (exact) mass is 373 g/mol. The Morgan fingerprint density at radius 1 is 1.19 bits per heavy atom. The Morgan fingerprint density at radius 2 is 1.81 bits per heavy atom. The summed E-state index contributed by atoms with van der Waals surface area (Å²) in [5.41, 5.74) is 1.10. The standard InChI is InChI=1S/C17H19N5O3S/c1-13(23)21-5-7-22(8-6-21)17-4-3-15(26(2,24)25)9-16(17)20-12-14(10-18)11-19/h3-4,9,12,20H,5-8H2,1-2H3. The maximum atomic E-state index is 11.8. The molecule has 0 radical (unpaired) electrons. The molecule has 1 amide bonds. The first-order valence-corrected chi connectivity index (χ1v) is 9.77. The Kier molecular flexibility index (Phi) is 5.86. The first-order valence-electron chi connectivity index (χ1n) is 7.87. The first kappa shape index (κ1) is 19.3. The molecule has 1 N–H and O–H groups in total. The second-order valence-corrected chi connectivity index (χ2v) is 7.89. The lowest BCUT2D eigenvalue weighted by molar-refractivity contribution is -0.129. The summed E-state index contributed by atoms with van der Waals surface area (Å²) in [4.78, 5) is 15.4. The summed E-state index contributed by atoms with van der Waals surface area (Å²) in [7, 11) is -3.40. The smallest absolute Gasteiger partial charge is 0.219 e. The third-order valence-electron chi connectivity index (χ3n) is 4.07. The van der Waals surface area contributed by atoms with Gasteiger partial charge in [0.1, 0.15) is 17.7 Å². The van der Waals surface area contributed by atoms with Crippen molar-refractivity contribution in [2.24, 2.45) is 0 Å². The zero-order valence-corrected chi connectivity index (χ0v) is 15.4. The number of amides is 1. The van der Waals surface area contributed by atoms with Gasteiger partial charge in [0.05, 0.1) is 16.3 Å². The van der Waals surface area contributed by atoms with E-state index in [0.29, 0.717) is 31.9 Å². The highest BCUT2D eigenvalue weighted by Gasteiger charge is 2.21. The number of carbonyl (C=O) groups excluding carboxylic acids is 1. The van der Waals surface area contributed by atoms with Gasteiger partial charge >= 0.3 is 0 Å². The van der Waals surface area contributed by atoms with E-state index in [-0.39, 0.29) is 16.4 Å². The van der Waals surface area contributed by atoms with Gasteiger partial charge < -0.3 is 15.1 Å². The number of sulfone groups is 1. The van der Waals surface area contributed by atoms with Gasteiger partial charge in [-0.15, -0.1) is 0 Å². The molecule has 1 aliphatic rings. The molecule has 1 aromatic carbocycles. The molecule has 1 aromatic rings. The van der Waals surface area contributed by atoms with Crippen molar-refractivity contribution in [3.8, 4) is 12.1 Å².